The number of amides is 1. The van der Waals surface area contributed by atoms with E-state index in [2.05, 4.69) is 20.4 Å². The van der Waals surface area contributed by atoms with Gasteiger partial charge in [-0.15, -0.1) is 10.2 Å². The van der Waals surface area contributed by atoms with Crippen LogP contribution in [0.25, 0.3) is 11.3 Å². The Morgan fingerprint density at radius 3 is 2.26 bits per heavy atom. The van der Waals surface area contributed by atoms with Crippen molar-refractivity contribution in [2.45, 2.75) is 19.8 Å². The van der Waals surface area contributed by atoms with E-state index in [0.29, 0.717) is 17.0 Å². The van der Waals surface area contributed by atoms with Gasteiger partial charge in [-0.2, -0.15) is 0 Å². The summed E-state index contributed by atoms with van der Waals surface area (Å²) in [6.07, 6.45) is 2.40. The van der Waals surface area contributed by atoms with E-state index in [-0.39, 0.29) is 18.3 Å². The second-order valence-electron chi connectivity index (χ2n) is 7.47. The zero-order valence-corrected chi connectivity index (χ0v) is 17.4. The Balaban J connectivity index is 1.30. The van der Waals surface area contributed by atoms with Crippen LogP contribution in [0.5, 0.6) is 5.75 Å². The summed E-state index contributed by atoms with van der Waals surface area (Å²) in [5, 5.41) is 11.5. The zero-order valence-electron chi connectivity index (χ0n) is 17.4. The molecule has 0 radical (unpaired) electrons. The van der Waals surface area contributed by atoms with E-state index in [1.807, 2.05) is 36.4 Å². The number of hydrogen-bond donors (Lipinski definition) is 1. The molecular formula is C24H24N4O3. The van der Waals surface area contributed by atoms with E-state index < -0.39 is 0 Å². The highest BCUT2D eigenvalue weighted by molar-refractivity contribution is 5.94. The minimum Gasteiger partial charge on any atom is -0.484 e. The van der Waals surface area contributed by atoms with Crippen molar-refractivity contribution in [1.82, 2.24) is 10.2 Å². The normalized spacial score (nSPS) is 13.1. The number of Topliss-reactive ketones (excluding diaryl/α,β-unsaturated/α-hetero) is 1. The van der Waals surface area contributed by atoms with Crippen molar-refractivity contribution in [3.05, 3.63) is 66.2 Å². The molecule has 0 unspecified atom stereocenters. The molecule has 31 heavy (non-hydrogen) atoms. The predicted molar refractivity (Wildman–Crippen MR) is 119 cm³/mol. The van der Waals surface area contributed by atoms with Crippen molar-refractivity contribution < 1.29 is 14.3 Å². The largest absolute Gasteiger partial charge is 0.484 e. The number of carbonyl (C=O) groups excluding carboxylic acids is 2. The van der Waals surface area contributed by atoms with Crippen LogP contribution in [-0.2, 0) is 4.79 Å². The first-order valence-corrected chi connectivity index (χ1v) is 10.3. The third-order valence-electron chi connectivity index (χ3n) is 5.18. The summed E-state index contributed by atoms with van der Waals surface area (Å²) in [6, 6.07) is 18.1. The molecule has 1 aliphatic heterocycles. The third kappa shape index (κ3) is 5.25. The highest BCUT2D eigenvalue weighted by atomic mass is 16.5. The molecule has 0 spiro atoms. The summed E-state index contributed by atoms with van der Waals surface area (Å²) in [7, 11) is 0. The first-order valence-electron chi connectivity index (χ1n) is 10.3. The molecule has 1 fully saturated rings. The number of rotatable bonds is 7. The van der Waals surface area contributed by atoms with Crippen LogP contribution in [0.15, 0.2) is 60.7 Å². The number of benzene rings is 2. The quantitative estimate of drug-likeness (QED) is 0.587. The Hall–Kier alpha value is -3.74. The molecular weight excluding hydrogens is 392 g/mol. The molecule has 0 aliphatic carbocycles. The molecule has 2 aromatic carbocycles. The van der Waals surface area contributed by atoms with E-state index in [9.17, 15) is 9.59 Å². The maximum atomic E-state index is 12.2. The highest BCUT2D eigenvalue weighted by Crippen LogP contribution is 2.22. The molecule has 1 N–H and O–H groups in total. The summed E-state index contributed by atoms with van der Waals surface area (Å²) >= 11 is 0. The molecule has 7 nitrogen and oxygen atoms in total. The van der Waals surface area contributed by atoms with Gasteiger partial charge in [0.25, 0.3) is 5.91 Å². The number of anilines is 2. The van der Waals surface area contributed by atoms with Crippen LogP contribution < -0.4 is 15.0 Å². The lowest BCUT2D eigenvalue weighted by molar-refractivity contribution is -0.118. The number of hydrogen-bond acceptors (Lipinski definition) is 6. The van der Waals surface area contributed by atoms with E-state index in [1.165, 1.54) is 19.8 Å². The van der Waals surface area contributed by atoms with Crippen molar-refractivity contribution in [1.29, 1.82) is 0 Å². The lowest BCUT2D eigenvalue weighted by Gasteiger charge is -2.15. The van der Waals surface area contributed by atoms with Gasteiger partial charge < -0.3 is 15.0 Å². The van der Waals surface area contributed by atoms with Crippen LogP contribution in [0.4, 0.5) is 11.5 Å². The van der Waals surface area contributed by atoms with Crippen LogP contribution in [-0.4, -0.2) is 41.6 Å². The average Bonchev–Trinajstić information content (AvgIpc) is 3.34. The lowest BCUT2D eigenvalue weighted by Crippen LogP contribution is -2.20. The molecule has 0 bridgehead atoms. The Kier molecular flexibility index (Phi) is 6.21. The molecule has 0 saturated carbocycles. The molecule has 3 aromatic rings. The van der Waals surface area contributed by atoms with Gasteiger partial charge in [0.1, 0.15) is 5.75 Å². The fourth-order valence-corrected chi connectivity index (χ4v) is 3.45. The molecule has 1 aromatic heterocycles. The average molecular weight is 416 g/mol. The predicted octanol–water partition coefficient (Wildman–Crippen LogP) is 3.96. The van der Waals surface area contributed by atoms with Crippen LogP contribution in [0.1, 0.15) is 30.1 Å². The first-order chi connectivity index (χ1) is 15.1. The highest BCUT2D eigenvalue weighted by Gasteiger charge is 2.14. The number of aromatic nitrogens is 2. The van der Waals surface area contributed by atoms with Gasteiger partial charge in [0.05, 0.1) is 5.69 Å². The minimum absolute atomic E-state index is 0.0127. The van der Waals surface area contributed by atoms with E-state index in [0.717, 1.165) is 30.2 Å². The Labute approximate surface area is 181 Å². The number of nitrogens with zero attached hydrogens (tertiary/aromatic N) is 3. The van der Waals surface area contributed by atoms with E-state index in [4.69, 9.17) is 4.74 Å². The third-order valence-corrected chi connectivity index (χ3v) is 5.18. The SMILES string of the molecule is CC(=O)c1ccc(OCC(=O)Nc2ccc(-c3ccc(N4CCCC4)nn3)cc2)cc1. The Morgan fingerprint density at radius 1 is 0.935 bits per heavy atom. The second kappa shape index (κ2) is 9.38. The molecule has 1 saturated heterocycles. The van der Waals surface area contributed by atoms with Crippen molar-refractivity contribution in [2.24, 2.45) is 0 Å². The number of carbonyl (C=O) groups is 2. The maximum Gasteiger partial charge on any atom is 0.262 e. The summed E-state index contributed by atoms with van der Waals surface area (Å²) < 4.78 is 5.48. The molecule has 2 heterocycles. The molecule has 7 heteroatoms. The summed E-state index contributed by atoms with van der Waals surface area (Å²) in [6.45, 7) is 3.46. The van der Waals surface area contributed by atoms with Crippen molar-refractivity contribution in [3.8, 4) is 17.0 Å². The van der Waals surface area contributed by atoms with Crippen molar-refractivity contribution in [3.63, 3.8) is 0 Å². The van der Waals surface area contributed by atoms with Crippen molar-refractivity contribution >= 4 is 23.2 Å². The van der Waals surface area contributed by atoms with E-state index in [1.54, 1.807) is 24.3 Å². The number of ether oxygens (including phenoxy) is 1. The van der Waals surface area contributed by atoms with E-state index >= 15 is 0 Å². The second-order valence-corrected chi connectivity index (χ2v) is 7.47. The standard InChI is InChI=1S/C24H24N4O3/c1-17(29)18-6-10-21(11-7-18)31-16-24(30)25-20-8-4-19(5-9-20)22-12-13-23(27-26-22)28-14-2-3-15-28/h4-13H,2-3,14-16H2,1H3,(H,25,30). The van der Waals surface area contributed by atoms with Gasteiger partial charge in [-0.05, 0) is 68.3 Å². The van der Waals surface area contributed by atoms with Crippen LogP contribution in [0.2, 0.25) is 0 Å². The van der Waals surface area contributed by atoms with Crippen LogP contribution in [0, 0.1) is 0 Å². The van der Waals surface area contributed by atoms with Gasteiger partial charge in [0.2, 0.25) is 0 Å². The van der Waals surface area contributed by atoms with Gasteiger partial charge in [-0.25, -0.2) is 0 Å². The van der Waals surface area contributed by atoms with Gasteiger partial charge in [0.15, 0.2) is 18.2 Å². The Morgan fingerprint density at radius 2 is 1.65 bits per heavy atom. The number of nitrogens with one attached hydrogen (secondary N) is 1. The van der Waals surface area contributed by atoms with Gasteiger partial charge >= 0.3 is 0 Å². The fraction of sp³-hybridized carbons (Fsp3) is 0.250. The van der Waals surface area contributed by atoms with Crippen molar-refractivity contribution in [2.75, 3.05) is 29.9 Å². The molecule has 158 valence electrons. The van der Waals surface area contributed by atoms with Gasteiger partial charge in [-0.3, -0.25) is 9.59 Å². The molecule has 4 rings (SSSR count). The summed E-state index contributed by atoms with van der Waals surface area (Å²) in [5.74, 6) is 1.17. The number of ketones is 1. The smallest absolute Gasteiger partial charge is 0.262 e. The van der Waals surface area contributed by atoms with Crippen LogP contribution >= 0.6 is 0 Å². The molecule has 1 aliphatic rings. The topological polar surface area (TPSA) is 84.4 Å². The molecule has 1 amide bonds. The van der Waals surface area contributed by atoms with Gasteiger partial charge in [-0.1, -0.05) is 12.1 Å². The fourth-order valence-electron chi connectivity index (χ4n) is 3.45. The first kappa shape index (κ1) is 20.5. The monoisotopic (exact) mass is 416 g/mol. The maximum absolute atomic E-state index is 12.2. The summed E-state index contributed by atoms with van der Waals surface area (Å²) in [5.41, 5.74) is 3.00. The summed E-state index contributed by atoms with van der Waals surface area (Å²) in [4.78, 5) is 25.7. The lowest BCUT2D eigenvalue weighted by atomic mass is 10.1. The molecule has 0 atom stereocenters. The minimum atomic E-state index is -0.266. The van der Waals surface area contributed by atoms with Gasteiger partial charge in [0, 0.05) is 29.9 Å². The zero-order chi connectivity index (χ0) is 21.6. The van der Waals surface area contributed by atoms with Crippen LogP contribution in [0.3, 0.4) is 0 Å². The Bertz CT molecular complexity index is 1040.